The van der Waals surface area contributed by atoms with Gasteiger partial charge >= 0.3 is 0 Å². The number of nitrogens with two attached hydrogens (primary N) is 1. The summed E-state index contributed by atoms with van der Waals surface area (Å²) in [6.45, 7) is 2.73. The molecule has 0 radical (unpaired) electrons. The molecule has 0 aliphatic heterocycles. The van der Waals surface area contributed by atoms with Crippen LogP contribution in [0.1, 0.15) is 11.1 Å². The van der Waals surface area contributed by atoms with Crippen LogP contribution in [0.25, 0.3) is 0 Å². The summed E-state index contributed by atoms with van der Waals surface area (Å²) in [7, 11) is 0. The van der Waals surface area contributed by atoms with Crippen molar-refractivity contribution >= 4 is 11.6 Å². The van der Waals surface area contributed by atoms with Gasteiger partial charge in [-0.1, -0.05) is 0 Å². The molecule has 82 valence electrons. The molecule has 5 nitrogen and oxygen atoms in total. The molecule has 16 heavy (non-hydrogen) atoms. The molecule has 0 fully saturated rings. The van der Waals surface area contributed by atoms with Crippen LogP contribution >= 0.6 is 0 Å². The van der Waals surface area contributed by atoms with E-state index < -0.39 is 0 Å². The number of rotatable bonds is 3. The van der Waals surface area contributed by atoms with Gasteiger partial charge in [0.1, 0.15) is 18.0 Å². The molecule has 2 aromatic heterocycles. The molecule has 5 heteroatoms. The first kappa shape index (κ1) is 10.4. The van der Waals surface area contributed by atoms with E-state index in [0.717, 1.165) is 11.4 Å². The van der Waals surface area contributed by atoms with Gasteiger partial charge < -0.3 is 11.1 Å². The van der Waals surface area contributed by atoms with E-state index in [-0.39, 0.29) is 0 Å². The van der Waals surface area contributed by atoms with Crippen molar-refractivity contribution in [3.05, 3.63) is 42.0 Å². The van der Waals surface area contributed by atoms with Gasteiger partial charge in [-0.15, -0.1) is 0 Å². The molecule has 0 atom stereocenters. The lowest BCUT2D eigenvalue weighted by atomic mass is 10.1. The molecule has 0 aliphatic carbocycles. The highest BCUT2D eigenvalue weighted by Crippen LogP contribution is 2.09. The first-order valence-corrected chi connectivity index (χ1v) is 4.96. The van der Waals surface area contributed by atoms with Crippen LogP contribution in [0.15, 0.2) is 30.9 Å². The maximum atomic E-state index is 5.56. The van der Waals surface area contributed by atoms with Crippen molar-refractivity contribution in [1.29, 1.82) is 0 Å². The van der Waals surface area contributed by atoms with Gasteiger partial charge in [-0.3, -0.25) is 4.98 Å². The summed E-state index contributed by atoms with van der Waals surface area (Å²) >= 11 is 0. The summed E-state index contributed by atoms with van der Waals surface area (Å²) in [4.78, 5) is 11.9. The molecular weight excluding hydrogens is 202 g/mol. The summed E-state index contributed by atoms with van der Waals surface area (Å²) in [6, 6.07) is 3.68. The molecule has 0 saturated heterocycles. The van der Waals surface area contributed by atoms with E-state index >= 15 is 0 Å². The summed E-state index contributed by atoms with van der Waals surface area (Å²) in [5, 5.41) is 3.18. The third-order valence-corrected chi connectivity index (χ3v) is 2.28. The predicted molar refractivity (Wildman–Crippen MR) is 62.7 cm³/mol. The monoisotopic (exact) mass is 215 g/mol. The molecular formula is C11H13N5. The Balaban J connectivity index is 2.05. The minimum absolute atomic E-state index is 0.462. The van der Waals surface area contributed by atoms with Crippen LogP contribution in [-0.4, -0.2) is 15.0 Å². The zero-order chi connectivity index (χ0) is 11.4. The van der Waals surface area contributed by atoms with E-state index in [0.29, 0.717) is 12.4 Å². The van der Waals surface area contributed by atoms with Crippen molar-refractivity contribution in [1.82, 2.24) is 15.0 Å². The number of nitrogen functional groups attached to an aromatic ring is 1. The van der Waals surface area contributed by atoms with Crippen LogP contribution in [0.4, 0.5) is 11.6 Å². The van der Waals surface area contributed by atoms with Crippen molar-refractivity contribution in [2.75, 3.05) is 11.1 Å². The third kappa shape index (κ3) is 2.44. The average molecular weight is 215 g/mol. The maximum absolute atomic E-state index is 5.56. The summed E-state index contributed by atoms with van der Waals surface area (Å²) in [5.41, 5.74) is 7.89. The number of aromatic nitrogens is 3. The number of nitrogens with one attached hydrogen (secondary N) is 1. The van der Waals surface area contributed by atoms with Crippen LogP contribution in [0.3, 0.4) is 0 Å². The molecule has 0 saturated carbocycles. The zero-order valence-electron chi connectivity index (χ0n) is 9.01. The Bertz CT molecular complexity index is 483. The second-order valence-electron chi connectivity index (χ2n) is 3.48. The van der Waals surface area contributed by atoms with E-state index in [1.165, 1.54) is 11.9 Å². The van der Waals surface area contributed by atoms with E-state index in [1.807, 2.05) is 19.2 Å². The average Bonchev–Trinajstić information content (AvgIpc) is 2.28. The summed E-state index contributed by atoms with van der Waals surface area (Å²) < 4.78 is 0. The normalized spacial score (nSPS) is 10.1. The van der Waals surface area contributed by atoms with Crippen molar-refractivity contribution in [3.8, 4) is 0 Å². The lowest BCUT2D eigenvalue weighted by Crippen LogP contribution is -2.04. The van der Waals surface area contributed by atoms with E-state index in [4.69, 9.17) is 5.73 Å². The largest absolute Gasteiger partial charge is 0.384 e. The van der Waals surface area contributed by atoms with Gasteiger partial charge in [0, 0.05) is 25.0 Å². The smallest absolute Gasteiger partial charge is 0.131 e. The lowest BCUT2D eigenvalue weighted by Gasteiger charge is -2.07. The van der Waals surface area contributed by atoms with E-state index in [1.54, 1.807) is 12.3 Å². The highest BCUT2D eigenvalue weighted by molar-refractivity contribution is 5.44. The zero-order valence-corrected chi connectivity index (χ0v) is 9.01. The molecule has 0 unspecified atom stereocenters. The van der Waals surface area contributed by atoms with Gasteiger partial charge in [0.15, 0.2) is 0 Å². The summed E-state index contributed by atoms with van der Waals surface area (Å²) in [6.07, 6.45) is 5.06. The molecule has 2 rings (SSSR count). The number of hydrogen-bond acceptors (Lipinski definition) is 5. The first-order chi connectivity index (χ1) is 7.75. The number of anilines is 2. The SMILES string of the molecule is Cc1cnccc1CNc1cc(N)ncn1. The topological polar surface area (TPSA) is 76.7 Å². The van der Waals surface area contributed by atoms with Crippen LogP contribution in [-0.2, 0) is 6.54 Å². The summed E-state index contributed by atoms with van der Waals surface area (Å²) in [5.74, 6) is 1.19. The maximum Gasteiger partial charge on any atom is 0.131 e. The molecule has 3 N–H and O–H groups in total. The fourth-order valence-electron chi connectivity index (χ4n) is 1.36. The second kappa shape index (κ2) is 4.57. The fourth-order valence-corrected chi connectivity index (χ4v) is 1.36. The van der Waals surface area contributed by atoms with E-state index in [2.05, 4.69) is 20.3 Å². The highest BCUT2D eigenvalue weighted by Gasteiger charge is 1.99. The Morgan fingerprint density at radius 1 is 1.38 bits per heavy atom. The minimum atomic E-state index is 0.462. The standard InChI is InChI=1S/C11H13N5/c1-8-5-13-3-2-9(8)6-14-11-4-10(12)15-7-16-11/h2-5,7H,6H2,1H3,(H3,12,14,15,16). The number of pyridine rings is 1. The number of aryl methyl sites for hydroxylation is 1. The third-order valence-electron chi connectivity index (χ3n) is 2.28. The highest BCUT2D eigenvalue weighted by atomic mass is 15.0. The van der Waals surface area contributed by atoms with Crippen LogP contribution in [0, 0.1) is 6.92 Å². The van der Waals surface area contributed by atoms with Crippen molar-refractivity contribution in [2.24, 2.45) is 0 Å². The Morgan fingerprint density at radius 3 is 3.00 bits per heavy atom. The van der Waals surface area contributed by atoms with Gasteiger partial charge in [-0.2, -0.15) is 0 Å². The quantitative estimate of drug-likeness (QED) is 0.808. The van der Waals surface area contributed by atoms with Gasteiger partial charge in [-0.05, 0) is 24.1 Å². The number of nitrogens with zero attached hydrogens (tertiary/aromatic N) is 3. The first-order valence-electron chi connectivity index (χ1n) is 4.96. The Labute approximate surface area is 93.8 Å². The molecule has 2 heterocycles. The van der Waals surface area contributed by atoms with Crippen LogP contribution in [0.2, 0.25) is 0 Å². The minimum Gasteiger partial charge on any atom is -0.384 e. The Kier molecular flexibility index (Phi) is 2.95. The molecule has 0 spiro atoms. The fraction of sp³-hybridized carbons (Fsp3) is 0.182. The van der Waals surface area contributed by atoms with E-state index in [9.17, 15) is 0 Å². The molecule has 2 aromatic rings. The van der Waals surface area contributed by atoms with Gasteiger partial charge in [0.25, 0.3) is 0 Å². The molecule has 0 aromatic carbocycles. The van der Waals surface area contributed by atoms with Crippen LogP contribution in [0.5, 0.6) is 0 Å². The number of hydrogen-bond donors (Lipinski definition) is 2. The lowest BCUT2D eigenvalue weighted by molar-refractivity contribution is 1.06. The molecule has 0 bridgehead atoms. The predicted octanol–water partition coefficient (Wildman–Crippen LogP) is 1.37. The van der Waals surface area contributed by atoms with Gasteiger partial charge in [0.2, 0.25) is 0 Å². The van der Waals surface area contributed by atoms with Crippen molar-refractivity contribution < 1.29 is 0 Å². The molecule has 0 amide bonds. The van der Waals surface area contributed by atoms with Gasteiger partial charge in [0.05, 0.1) is 0 Å². The van der Waals surface area contributed by atoms with Crippen molar-refractivity contribution in [3.63, 3.8) is 0 Å². The second-order valence-corrected chi connectivity index (χ2v) is 3.48. The van der Waals surface area contributed by atoms with Gasteiger partial charge in [-0.25, -0.2) is 9.97 Å². The van der Waals surface area contributed by atoms with Crippen molar-refractivity contribution in [2.45, 2.75) is 13.5 Å². The Hall–Kier alpha value is -2.17. The Morgan fingerprint density at radius 2 is 2.25 bits per heavy atom. The molecule has 0 aliphatic rings. The van der Waals surface area contributed by atoms with Crippen LogP contribution < -0.4 is 11.1 Å².